The van der Waals surface area contributed by atoms with Gasteiger partial charge >= 0.3 is 0 Å². The minimum absolute atomic E-state index is 0.120. The van der Waals surface area contributed by atoms with Gasteiger partial charge in [0.25, 0.3) is 5.91 Å². The lowest BCUT2D eigenvalue weighted by Gasteiger charge is -2.18. The van der Waals surface area contributed by atoms with E-state index < -0.39 is 0 Å². The first-order chi connectivity index (χ1) is 12.1. The van der Waals surface area contributed by atoms with Crippen LogP contribution in [0.15, 0.2) is 36.7 Å². The summed E-state index contributed by atoms with van der Waals surface area (Å²) < 4.78 is 0. The predicted octanol–water partition coefficient (Wildman–Crippen LogP) is 5.09. The molecule has 4 nitrogen and oxygen atoms in total. The molecule has 0 bridgehead atoms. The van der Waals surface area contributed by atoms with Gasteiger partial charge in [-0.2, -0.15) is 0 Å². The molecule has 1 fully saturated rings. The Bertz CT molecular complexity index is 734. The first-order valence-electron chi connectivity index (χ1n) is 9.22. The third kappa shape index (κ3) is 4.81. The Morgan fingerprint density at radius 3 is 2.56 bits per heavy atom. The maximum absolute atomic E-state index is 12.6. The minimum Gasteiger partial charge on any atom is -0.381 e. The molecule has 4 heteroatoms. The number of hydrogen-bond acceptors (Lipinski definition) is 3. The SMILES string of the molecule is Cc1ccc(C)c(NC(=O)c2cncc(NC3CCCCCC3)c2)c1. The van der Waals surface area contributed by atoms with Gasteiger partial charge in [0.1, 0.15) is 0 Å². The Labute approximate surface area is 150 Å². The molecule has 2 N–H and O–H groups in total. The Morgan fingerprint density at radius 2 is 1.80 bits per heavy atom. The van der Waals surface area contributed by atoms with Crippen LogP contribution >= 0.6 is 0 Å². The van der Waals surface area contributed by atoms with E-state index in [1.54, 1.807) is 12.4 Å². The van der Waals surface area contributed by atoms with Crippen molar-refractivity contribution in [3.8, 4) is 0 Å². The van der Waals surface area contributed by atoms with Gasteiger partial charge in [-0.15, -0.1) is 0 Å². The summed E-state index contributed by atoms with van der Waals surface area (Å²) in [6, 6.07) is 8.45. The molecule has 0 unspecified atom stereocenters. The lowest BCUT2D eigenvalue weighted by atomic mass is 10.1. The number of rotatable bonds is 4. The van der Waals surface area contributed by atoms with E-state index in [9.17, 15) is 4.79 Å². The number of aromatic nitrogens is 1. The molecule has 0 saturated heterocycles. The van der Waals surface area contributed by atoms with Crippen molar-refractivity contribution in [2.75, 3.05) is 10.6 Å². The largest absolute Gasteiger partial charge is 0.381 e. The zero-order valence-electron chi connectivity index (χ0n) is 15.1. The maximum atomic E-state index is 12.6. The van der Waals surface area contributed by atoms with Crippen LogP contribution in [0, 0.1) is 13.8 Å². The van der Waals surface area contributed by atoms with Gasteiger partial charge in [0.05, 0.1) is 11.3 Å². The molecular weight excluding hydrogens is 310 g/mol. The molecule has 132 valence electrons. The fourth-order valence-electron chi connectivity index (χ4n) is 3.37. The first kappa shape index (κ1) is 17.5. The van der Waals surface area contributed by atoms with Crippen molar-refractivity contribution in [1.82, 2.24) is 4.98 Å². The highest BCUT2D eigenvalue weighted by Crippen LogP contribution is 2.22. The van der Waals surface area contributed by atoms with E-state index in [2.05, 4.69) is 15.6 Å². The van der Waals surface area contributed by atoms with Gasteiger partial charge in [0.2, 0.25) is 0 Å². The number of benzene rings is 1. The third-order valence-electron chi connectivity index (χ3n) is 4.87. The molecule has 1 aliphatic carbocycles. The average Bonchev–Trinajstić information content (AvgIpc) is 2.87. The van der Waals surface area contributed by atoms with Crippen LogP contribution in [0.2, 0.25) is 0 Å². The van der Waals surface area contributed by atoms with E-state index >= 15 is 0 Å². The molecule has 0 aliphatic heterocycles. The summed E-state index contributed by atoms with van der Waals surface area (Å²) in [6.07, 6.45) is 11.0. The second-order valence-corrected chi connectivity index (χ2v) is 7.07. The standard InChI is InChI=1S/C21H27N3O/c1-15-9-10-16(2)20(11-15)24-21(25)17-12-19(14-22-13-17)23-18-7-5-3-4-6-8-18/h9-14,18,23H,3-8H2,1-2H3,(H,24,25). The Morgan fingerprint density at radius 1 is 1.04 bits per heavy atom. The van der Waals surface area contributed by atoms with Gasteiger partial charge in [-0.1, -0.05) is 37.8 Å². The van der Waals surface area contributed by atoms with E-state index in [-0.39, 0.29) is 5.91 Å². The number of nitrogens with zero attached hydrogens (tertiary/aromatic N) is 1. The predicted molar refractivity (Wildman–Crippen MR) is 103 cm³/mol. The van der Waals surface area contributed by atoms with Crippen LogP contribution in [0.5, 0.6) is 0 Å². The molecule has 1 aromatic carbocycles. The van der Waals surface area contributed by atoms with Gasteiger partial charge in [-0.25, -0.2) is 0 Å². The zero-order chi connectivity index (χ0) is 17.6. The highest BCUT2D eigenvalue weighted by Gasteiger charge is 2.14. The van der Waals surface area contributed by atoms with Crippen molar-refractivity contribution >= 4 is 17.3 Å². The summed E-state index contributed by atoms with van der Waals surface area (Å²) >= 11 is 0. The molecule has 1 heterocycles. The average molecular weight is 337 g/mol. The van der Waals surface area contributed by atoms with Crippen LogP contribution in [-0.4, -0.2) is 16.9 Å². The number of amides is 1. The van der Waals surface area contributed by atoms with Crippen LogP contribution in [-0.2, 0) is 0 Å². The summed E-state index contributed by atoms with van der Waals surface area (Å²) in [6.45, 7) is 4.02. The normalized spacial score (nSPS) is 15.4. The van der Waals surface area contributed by atoms with Gasteiger partial charge in [0, 0.05) is 24.1 Å². The molecule has 1 aromatic heterocycles. The fraction of sp³-hybridized carbons (Fsp3) is 0.429. The minimum atomic E-state index is -0.120. The van der Waals surface area contributed by atoms with Crippen molar-refractivity contribution in [1.29, 1.82) is 0 Å². The second kappa shape index (κ2) is 8.15. The summed E-state index contributed by atoms with van der Waals surface area (Å²) in [4.78, 5) is 16.9. The number of anilines is 2. The van der Waals surface area contributed by atoms with Gasteiger partial charge < -0.3 is 10.6 Å². The molecule has 2 aromatic rings. The number of carbonyl (C=O) groups is 1. The summed E-state index contributed by atoms with van der Waals surface area (Å²) in [5, 5.41) is 6.56. The molecule has 3 rings (SSSR count). The first-order valence-corrected chi connectivity index (χ1v) is 9.22. The van der Waals surface area contributed by atoms with Gasteiger partial charge in [-0.3, -0.25) is 9.78 Å². The van der Waals surface area contributed by atoms with Crippen molar-refractivity contribution in [2.45, 2.75) is 58.4 Å². The molecule has 1 aliphatic rings. The zero-order valence-corrected chi connectivity index (χ0v) is 15.1. The molecule has 1 saturated carbocycles. The molecule has 0 radical (unpaired) electrons. The van der Waals surface area contributed by atoms with Gasteiger partial charge in [0.15, 0.2) is 0 Å². The topological polar surface area (TPSA) is 54.0 Å². The van der Waals surface area contributed by atoms with E-state index in [0.29, 0.717) is 11.6 Å². The van der Waals surface area contributed by atoms with E-state index in [1.165, 1.54) is 38.5 Å². The van der Waals surface area contributed by atoms with Gasteiger partial charge in [-0.05, 0) is 49.9 Å². The second-order valence-electron chi connectivity index (χ2n) is 7.07. The van der Waals surface area contributed by atoms with E-state index in [1.807, 2.05) is 38.1 Å². The lowest BCUT2D eigenvalue weighted by molar-refractivity contribution is 0.102. The number of hydrogen-bond donors (Lipinski definition) is 2. The van der Waals surface area contributed by atoms with Crippen LogP contribution in [0.3, 0.4) is 0 Å². The highest BCUT2D eigenvalue weighted by molar-refractivity contribution is 6.05. The van der Waals surface area contributed by atoms with E-state index in [0.717, 1.165) is 22.5 Å². The van der Waals surface area contributed by atoms with Crippen LogP contribution in [0.4, 0.5) is 11.4 Å². The van der Waals surface area contributed by atoms with Crippen molar-refractivity contribution in [3.63, 3.8) is 0 Å². The molecule has 25 heavy (non-hydrogen) atoms. The monoisotopic (exact) mass is 337 g/mol. The third-order valence-corrected chi connectivity index (χ3v) is 4.87. The summed E-state index contributed by atoms with van der Waals surface area (Å²) in [5.41, 5.74) is 4.55. The summed E-state index contributed by atoms with van der Waals surface area (Å²) in [7, 11) is 0. The number of carbonyl (C=O) groups excluding carboxylic acids is 1. The Kier molecular flexibility index (Phi) is 5.69. The van der Waals surface area contributed by atoms with Crippen molar-refractivity contribution < 1.29 is 4.79 Å². The summed E-state index contributed by atoms with van der Waals surface area (Å²) in [5.74, 6) is -0.120. The van der Waals surface area contributed by atoms with E-state index in [4.69, 9.17) is 0 Å². The highest BCUT2D eigenvalue weighted by atomic mass is 16.1. The molecular formula is C21H27N3O. The Hall–Kier alpha value is -2.36. The quantitative estimate of drug-likeness (QED) is 0.765. The molecule has 0 atom stereocenters. The molecule has 1 amide bonds. The number of aryl methyl sites for hydroxylation is 2. The van der Waals surface area contributed by atoms with Crippen molar-refractivity contribution in [3.05, 3.63) is 53.3 Å². The van der Waals surface area contributed by atoms with Crippen LogP contribution < -0.4 is 10.6 Å². The number of pyridine rings is 1. The fourth-order valence-corrected chi connectivity index (χ4v) is 3.37. The smallest absolute Gasteiger partial charge is 0.257 e. The Balaban J connectivity index is 1.69. The van der Waals surface area contributed by atoms with Crippen LogP contribution in [0.1, 0.15) is 60.0 Å². The maximum Gasteiger partial charge on any atom is 0.257 e. The van der Waals surface area contributed by atoms with Crippen molar-refractivity contribution in [2.24, 2.45) is 0 Å². The lowest BCUT2D eigenvalue weighted by Crippen LogP contribution is -2.19. The molecule has 0 spiro atoms. The van der Waals surface area contributed by atoms with Crippen LogP contribution in [0.25, 0.3) is 0 Å². The number of nitrogens with one attached hydrogen (secondary N) is 2.